The highest BCUT2D eigenvalue weighted by Gasteiger charge is 2.07. The summed E-state index contributed by atoms with van der Waals surface area (Å²) < 4.78 is 0. The van der Waals surface area contributed by atoms with Gasteiger partial charge in [0.15, 0.2) is 0 Å². The van der Waals surface area contributed by atoms with Gasteiger partial charge >= 0.3 is 0 Å². The van der Waals surface area contributed by atoms with Crippen LogP contribution in [0.15, 0.2) is 0 Å². The van der Waals surface area contributed by atoms with Crippen LogP contribution in [0.2, 0.25) is 0 Å². The fourth-order valence-corrected chi connectivity index (χ4v) is 1.08. The molecular formula is C8H14O. The summed E-state index contributed by atoms with van der Waals surface area (Å²) in [5.41, 5.74) is 0. The van der Waals surface area contributed by atoms with Crippen molar-refractivity contribution in [2.24, 2.45) is 0 Å². The van der Waals surface area contributed by atoms with Crippen LogP contribution in [-0.4, -0.2) is 11.2 Å². The van der Waals surface area contributed by atoms with Gasteiger partial charge in [0.2, 0.25) is 0 Å². The predicted molar refractivity (Wildman–Crippen MR) is 39.0 cm³/mol. The predicted octanol–water partition coefficient (Wildman–Crippen LogP) is 1.56. The molecule has 0 bridgehead atoms. The van der Waals surface area contributed by atoms with E-state index in [1.165, 1.54) is 19.3 Å². The fourth-order valence-electron chi connectivity index (χ4n) is 1.08. The first kappa shape index (κ1) is 8.52. The lowest BCUT2D eigenvalue weighted by Crippen LogP contribution is -2.09. The molecular weight excluding hydrogens is 112 g/mol. The molecule has 0 unspecified atom stereocenters. The van der Waals surface area contributed by atoms with E-state index in [1.807, 2.05) is 0 Å². The number of hydrogen-bond acceptors (Lipinski definition) is 1. The van der Waals surface area contributed by atoms with E-state index >= 15 is 0 Å². The van der Waals surface area contributed by atoms with E-state index in [2.05, 4.69) is 12.8 Å². The third kappa shape index (κ3) is 4.05. The van der Waals surface area contributed by atoms with E-state index in [4.69, 9.17) is 5.11 Å². The Morgan fingerprint density at radius 2 is 1.44 bits per heavy atom. The first-order chi connectivity index (χ1) is 4.39. The normalized spacial score (nSPS) is 19.9. The average molecular weight is 126 g/mol. The second-order valence-electron chi connectivity index (χ2n) is 2.29. The Hall–Kier alpha value is -0.480. The van der Waals surface area contributed by atoms with Gasteiger partial charge in [0.1, 0.15) is 0 Å². The highest BCUT2D eigenvalue weighted by molar-refractivity contribution is 4.61. The van der Waals surface area contributed by atoms with Crippen molar-refractivity contribution in [3.05, 3.63) is 0 Å². The number of aliphatic hydroxyl groups excluding tert-OH is 1. The van der Waals surface area contributed by atoms with Gasteiger partial charge in [-0.1, -0.05) is 19.3 Å². The zero-order chi connectivity index (χ0) is 7.11. The monoisotopic (exact) mass is 126 g/mol. The minimum absolute atomic E-state index is 0.0359. The van der Waals surface area contributed by atoms with Gasteiger partial charge in [0.25, 0.3) is 0 Å². The molecule has 1 rings (SSSR count). The SMILES string of the molecule is C#C.OC1CCCCC1. The van der Waals surface area contributed by atoms with Crippen LogP contribution in [0.25, 0.3) is 0 Å². The second kappa shape index (κ2) is 5.65. The fraction of sp³-hybridized carbons (Fsp3) is 0.750. The van der Waals surface area contributed by atoms with Gasteiger partial charge in [-0.3, -0.25) is 0 Å². The lowest BCUT2D eigenvalue weighted by Gasteiger charge is -2.14. The van der Waals surface area contributed by atoms with Crippen LogP contribution < -0.4 is 0 Å². The second-order valence-corrected chi connectivity index (χ2v) is 2.29. The number of hydrogen-bond donors (Lipinski definition) is 1. The Bertz CT molecular complexity index is 69.9. The van der Waals surface area contributed by atoms with Crippen molar-refractivity contribution in [2.45, 2.75) is 38.2 Å². The summed E-state index contributed by atoms with van der Waals surface area (Å²) in [5, 5.41) is 8.91. The van der Waals surface area contributed by atoms with E-state index in [1.54, 1.807) is 0 Å². The van der Waals surface area contributed by atoms with Crippen LogP contribution in [-0.2, 0) is 0 Å². The van der Waals surface area contributed by atoms with Gasteiger partial charge in [-0.25, -0.2) is 0 Å². The first-order valence-corrected chi connectivity index (χ1v) is 3.41. The molecule has 1 nitrogen and oxygen atoms in total. The summed E-state index contributed by atoms with van der Waals surface area (Å²) in [5.74, 6) is 0. The van der Waals surface area contributed by atoms with Crippen molar-refractivity contribution in [3.8, 4) is 12.8 Å². The molecule has 0 spiro atoms. The van der Waals surface area contributed by atoms with Crippen LogP contribution in [0.5, 0.6) is 0 Å². The van der Waals surface area contributed by atoms with Crippen LogP contribution in [0.1, 0.15) is 32.1 Å². The third-order valence-electron chi connectivity index (χ3n) is 1.57. The van der Waals surface area contributed by atoms with Crippen LogP contribution in [0.3, 0.4) is 0 Å². The molecule has 1 N–H and O–H groups in total. The summed E-state index contributed by atoms with van der Waals surface area (Å²) in [6, 6.07) is 0. The van der Waals surface area contributed by atoms with Crippen molar-refractivity contribution in [1.29, 1.82) is 0 Å². The van der Waals surface area contributed by atoms with Gasteiger partial charge in [0.05, 0.1) is 6.10 Å². The number of rotatable bonds is 0. The standard InChI is InChI=1S/C6H12O.C2H2/c7-6-4-2-1-3-5-6;1-2/h6-7H,1-5H2;1-2H. The third-order valence-corrected chi connectivity index (χ3v) is 1.57. The zero-order valence-electron chi connectivity index (χ0n) is 5.71. The van der Waals surface area contributed by atoms with E-state index in [9.17, 15) is 0 Å². The van der Waals surface area contributed by atoms with Gasteiger partial charge in [0, 0.05) is 0 Å². The summed E-state index contributed by atoms with van der Waals surface area (Å²) in [6.45, 7) is 0. The van der Waals surface area contributed by atoms with Crippen molar-refractivity contribution >= 4 is 0 Å². The van der Waals surface area contributed by atoms with E-state index in [-0.39, 0.29) is 6.10 Å². The Kier molecular flexibility index (Phi) is 5.35. The van der Waals surface area contributed by atoms with Gasteiger partial charge in [-0.15, -0.1) is 12.8 Å². The Labute approximate surface area is 57.1 Å². The molecule has 52 valence electrons. The Morgan fingerprint density at radius 1 is 1.00 bits per heavy atom. The molecule has 1 aliphatic rings. The zero-order valence-corrected chi connectivity index (χ0v) is 5.71. The molecule has 0 atom stereocenters. The van der Waals surface area contributed by atoms with Crippen molar-refractivity contribution in [3.63, 3.8) is 0 Å². The maximum absolute atomic E-state index is 8.91. The quantitative estimate of drug-likeness (QED) is 0.488. The molecule has 0 aromatic rings. The van der Waals surface area contributed by atoms with Crippen LogP contribution in [0, 0.1) is 12.8 Å². The summed E-state index contributed by atoms with van der Waals surface area (Å²) in [6.07, 6.45) is 13.9. The first-order valence-electron chi connectivity index (χ1n) is 3.41. The molecule has 0 amide bonds. The largest absolute Gasteiger partial charge is 0.393 e. The van der Waals surface area contributed by atoms with E-state index in [0.29, 0.717) is 0 Å². The minimum atomic E-state index is 0.0359. The average Bonchev–Trinajstić information content (AvgIpc) is 1.94. The summed E-state index contributed by atoms with van der Waals surface area (Å²) in [7, 11) is 0. The Balaban J connectivity index is 0.000000291. The molecule has 1 aliphatic carbocycles. The van der Waals surface area contributed by atoms with Crippen LogP contribution >= 0.6 is 0 Å². The van der Waals surface area contributed by atoms with Crippen LogP contribution in [0.4, 0.5) is 0 Å². The van der Waals surface area contributed by atoms with Crippen molar-refractivity contribution in [2.75, 3.05) is 0 Å². The smallest absolute Gasteiger partial charge is 0.0540 e. The maximum atomic E-state index is 8.91. The maximum Gasteiger partial charge on any atom is 0.0540 e. The molecule has 0 aliphatic heterocycles. The van der Waals surface area contributed by atoms with Gasteiger partial charge < -0.3 is 5.11 Å². The number of aliphatic hydroxyl groups is 1. The molecule has 0 heterocycles. The molecule has 1 fully saturated rings. The summed E-state index contributed by atoms with van der Waals surface area (Å²) in [4.78, 5) is 0. The highest BCUT2D eigenvalue weighted by atomic mass is 16.3. The molecule has 0 aromatic heterocycles. The topological polar surface area (TPSA) is 20.2 Å². The minimum Gasteiger partial charge on any atom is -0.393 e. The Morgan fingerprint density at radius 3 is 1.67 bits per heavy atom. The molecule has 0 aromatic carbocycles. The molecule has 9 heavy (non-hydrogen) atoms. The van der Waals surface area contributed by atoms with Gasteiger partial charge in [-0.05, 0) is 12.8 Å². The van der Waals surface area contributed by atoms with E-state index in [0.717, 1.165) is 12.8 Å². The molecule has 1 saturated carbocycles. The molecule has 1 heteroatoms. The van der Waals surface area contributed by atoms with Crippen molar-refractivity contribution in [1.82, 2.24) is 0 Å². The van der Waals surface area contributed by atoms with Crippen molar-refractivity contribution < 1.29 is 5.11 Å². The molecule has 0 saturated heterocycles. The number of terminal acetylenes is 1. The van der Waals surface area contributed by atoms with Gasteiger partial charge in [-0.2, -0.15) is 0 Å². The lowest BCUT2D eigenvalue weighted by atomic mass is 9.98. The molecule has 0 radical (unpaired) electrons. The highest BCUT2D eigenvalue weighted by Crippen LogP contribution is 2.16. The van der Waals surface area contributed by atoms with E-state index < -0.39 is 0 Å². The summed E-state index contributed by atoms with van der Waals surface area (Å²) >= 11 is 0. The lowest BCUT2D eigenvalue weighted by molar-refractivity contribution is 0.130.